The van der Waals surface area contributed by atoms with Gasteiger partial charge in [-0.05, 0) is 25.0 Å². The summed E-state index contributed by atoms with van der Waals surface area (Å²) < 4.78 is 51.2. The lowest BCUT2D eigenvalue weighted by Crippen LogP contribution is -2.30. The molecule has 1 aromatic rings. The Bertz CT molecular complexity index is 585. The van der Waals surface area contributed by atoms with Crippen molar-refractivity contribution in [3.8, 4) is 0 Å². The van der Waals surface area contributed by atoms with Crippen molar-refractivity contribution in [3.63, 3.8) is 0 Å². The fourth-order valence-electron chi connectivity index (χ4n) is 2.56. The Kier molecular flexibility index (Phi) is 4.52. The third kappa shape index (κ3) is 3.23. The molecule has 1 saturated carbocycles. The molecule has 0 spiro atoms. The first-order valence-electron chi connectivity index (χ1n) is 6.60. The molecule has 1 aliphatic carbocycles. The van der Waals surface area contributed by atoms with Crippen LogP contribution in [0.25, 0.3) is 0 Å². The maximum Gasteiger partial charge on any atom is 0.183 e. The molecule has 0 saturated heterocycles. The monoisotopic (exact) mass is 302 g/mol. The van der Waals surface area contributed by atoms with Gasteiger partial charge in [-0.15, -0.1) is 0 Å². The number of hydrogen-bond donors (Lipinski definition) is 0. The van der Waals surface area contributed by atoms with E-state index in [-0.39, 0.29) is 0 Å². The van der Waals surface area contributed by atoms with Gasteiger partial charge in [0.25, 0.3) is 0 Å². The number of hydrogen-bond acceptors (Lipinski definition) is 3. The van der Waals surface area contributed by atoms with Crippen LogP contribution in [0.4, 0.5) is 8.78 Å². The summed E-state index contributed by atoms with van der Waals surface area (Å²) in [5.41, 5.74) is -0.758. The molecule has 0 aromatic heterocycles. The van der Waals surface area contributed by atoms with E-state index in [1.807, 2.05) is 0 Å². The van der Waals surface area contributed by atoms with E-state index in [1.165, 1.54) is 0 Å². The molecule has 1 fully saturated rings. The lowest BCUT2D eigenvalue weighted by Gasteiger charge is -2.21. The zero-order valence-corrected chi connectivity index (χ0v) is 11.8. The highest BCUT2D eigenvalue weighted by Gasteiger charge is 2.31. The summed E-state index contributed by atoms with van der Waals surface area (Å²) in [5, 5.41) is -0.560. The Morgan fingerprint density at radius 2 is 1.65 bits per heavy atom. The number of benzene rings is 1. The van der Waals surface area contributed by atoms with E-state index in [1.54, 1.807) is 0 Å². The van der Waals surface area contributed by atoms with Gasteiger partial charge in [0.05, 0.1) is 10.8 Å². The van der Waals surface area contributed by atoms with Crippen molar-refractivity contribution in [2.24, 2.45) is 0 Å². The molecule has 6 heteroatoms. The van der Waals surface area contributed by atoms with Crippen molar-refractivity contribution >= 4 is 15.6 Å². The number of carbonyl (C=O) groups excluding carboxylic acids is 1. The topological polar surface area (TPSA) is 51.2 Å². The molecule has 0 aliphatic heterocycles. The first kappa shape index (κ1) is 15.1. The molecule has 2 rings (SSSR count). The fourth-order valence-corrected chi connectivity index (χ4v) is 4.36. The number of halogens is 2. The standard InChI is InChI=1S/C14H16F2O3S/c15-11-7-4-8-12(16)14(11)13(17)9-20(18,19)10-5-2-1-3-6-10/h4,7-8,10H,1-3,5-6,9H2. The second-order valence-electron chi connectivity index (χ2n) is 5.09. The Morgan fingerprint density at radius 3 is 2.20 bits per heavy atom. The van der Waals surface area contributed by atoms with Crippen LogP contribution in [0.1, 0.15) is 42.5 Å². The van der Waals surface area contributed by atoms with E-state index < -0.39 is 43.8 Å². The third-order valence-electron chi connectivity index (χ3n) is 3.63. The summed E-state index contributed by atoms with van der Waals surface area (Å²) in [5.74, 6) is -3.87. The molecule has 0 heterocycles. The number of sulfone groups is 1. The van der Waals surface area contributed by atoms with Crippen LogP contribution < -0.4 is 0 Å². The maximum absolute atomic E-state index is 13.5. The summed E-state index contributed by atoms with van der Waals surface area (Å²) in [6.07, 6.45) is 3.66. The number of carbonyl (C=O) groups is 1. The van der Waals surface area contributed by atoms with Crippen molar-refractivity contribution in [3.05, 3.63) is 35.4 Å². The molecule has 0 atom stereocenters. The van der Waals surface area contributed by atoms with E-state index in [2.05, 4.69) is 0 Å². The molecule has 0 N–H and O–H groups in total. The number of Topliss-reactive ketones (excluding diaryl/α,β-unsaturated/α-hetero) is 1. The predicted octanol–water partition coefficient (Wildman–Crippen LogP) is 2.90. The highest BCUT2D eigenvalue weighted by Crippen LogP contribution is 2.25. The summed E-state index contributed by atoms with van der Waals surface area (Å²) in [7, 11) is -3.65. The first-order chi connectivity index (χ1) is 9.42. The Hall–Kier alpha value is -1.30. The van der Waals surface area contributed by atoms with Crippen LogP contribution in [0.15, 0.2) is 18.2 Å². The Morgan fingerprint density at radius 1 is 1.10 bits per heavy atom. The second kappa shape index (κ2) is 5.99. The largest absolute Gasteiger partial charge is 0.293 e. The zero-order chi connectivity index (χ0) is 14.8. The molecule has 0 radical (unpaired) electrons. The number of rotatable bonds is 4. The molecule has 0 bridgehead atoms. The van der Waals surface area contributed by atoms with Crippen LogP contribution in [0, 0.1) is 11.6 Å². The van der Waals surface area contributed by atoms with Crippen molar-refractivity contribution in [2.75, 3.05) is 5.75 Å². The predicted molar refractivity (Wildman–Crippen MR) is 71.3 cm³/mol. The molecule has 1 aliphatic rings. The molecule has 3 nitrogen and oxygen atoms in total. The first-order valence-corrected chi connectivity index (χ1v) is 8.32. The normalized spacial score (nSPS) is 17.1. The highest BCUT2D eigenvalue weighted by atomic mass is 32.2. The van der Waals surface area contributed by atoms with Gasteiger partial charge in [-0.1, -0.05) is 25.3 Å². The van der Waals surface area contributed by atoms with Gasteiger partial charge in [0, 0.05) is 0 Å². The van der Waals surface area contributed by atoms with Crippen LogP contribution in [-0.4, -0.2) is 25.2 Å². The second-order valence-corrected chi connectivity index (χ2v) is 7.37. The minimum atomic E-state index is -3.65. The van der Waals surface area contributed by atoms with Gasteiger partial charge in [-0.25, -0.2) is 17.2 Å². The van der Waals surface area contributed by atoms with E-state index >= 15 is 0 Å². The zero-order valence-electron chi connectivity index (χ0n) is 10.9. The van der Waals surface area contributed by atoms with E-state index in [0.717, 1.165) is 37.5 Å². The van der Waals surface area contributed by atoms with Gasteiger partial charge < -0.3 is 0 Å². The van der Waals surface area contributed by atoms with Crippen LogP contribution >= 0.6 is 0 Å². The number of ketones is 1. The smallest absolute Gasteiger partial charge is 0.183 e. The maximum atomic E-state index is 13.5. The average molecular weight is 302 g/mol. The molecular weight excluding hydrogens is 286 g/mol. The molecule has 20 heavy (non-hydrogen) atoms. The minimum Gasteiger partial charge on any atom is -0.293 e. The van der Waals surface area contributed by atoms with Gasteiger partial charge in [-0.2, -0.15) is 0 Å². The van der Waals surface area contributed by atoms with Gasteiger partial charge in [-0.3, -0.25) is 4.79 Å². The minimum absolute atomic E-state index is 0.523. The summed E-state index contributed by atoms with van der Waals surface area (Å²) in [4.78, 5) is 11.9. The van der Waals surface area contributed by atoms with Crippen molar-refractivity contribution in [1.29, 1.82) is 0 Å². The van der Waals surface area contributed by atoms with Crippen molar-refractivity contribution in [2.45, 2.75) is 37.4 Å². The van der Waals surface area contributed by atoms with Crippen molar-refractivity contribution < 1.29 is 22.0 Å². The summed E-state index contributed by atoms with van der Waals surface area (Å²) in [6.45, 7) is 0. The summed E-state index contributed by atoms with van der Waals surface area (Å²) in [6, 6.07) is 3.03. The Balaban J connectivity index is 2.18. The third-order valence-corrected chi connectivity index (χ3v) is 5.79. The van der Waals surface area contributed by atoms with E-state index in [9.17, 15) is 22.0 Å². The van der Waals surface area contributed by atoms with Crippen LogP contribution in [0.5, 0.6) is 0 Å². The molecule has 1 aromatic carbocycles. The quantitative estimate of drug-likeness (QED) is 0.804. The molecule has 0 amide bonds. The fraction of sp³-hybridized carbons (Fsp3) is 0.500. The highest BCUT2D eigenvalue weighted by molar-refractivity contribution is 7.92. The van der Waals surface area contributed by atoms with Gasteiger partial charge >= 0.3 is 0 Å². The Labute approximate surface area is 116 Å². The lowest BCUT2D eigenvalue weighted by atomic mass is 10.0. The molecule has 0 unspecified atom stereocenters. The van der Waals surface area contributed by atoms with Crippen LogP contribution in [-0.2, 0) is 9.84 Å². The van der Waals surface area contributed by atoms with Crippen LogP contribution in [0.2, 0.25) is 0 Å². The van der Waals surface area contributed by atoms with E-state index in [0.29, 0.717) is 12.8 Å². The van der Waals surface area contributed by atoms with Gasteiger partial charge in [0.1, 0.15) is 17.4 Å². The SMILES string of the molecule is O=C(CS(=O)(=O)C1CCCCC1)c1c(F)cccc1F. The van der Waals surface area contributed by atoms with E-state index in [4.69, 9.17) is 0 Å². The average Bonchev–Trinajstić information content (AvgIpc) is 2.39. The molecular formula is C14H16F2O3S. The van der Waals surface area contributed by atoms with Gasteiger partial charge in [0.2, 0.25) is 0 Å². The summed E-state index contributed by atoms with van der Waals surface area (Å²) >= 11 is 0. The van der Waals surface area contributed by atoms with Gasteiger partial charge in [0.15, 0.2) is 15.6 Å². The van der Waals surface area contributed by atoms with Crippen molar-refractivity contribution in [1.82, 2.24) is 0 Å². The molecule has 110 valence electrons. The lowest BCUT2D eigenvalue weighted by molar-refractivity contribution is 0.101. The van der Waals surface area contributed by atoms with Crippen LogP contribution in [0.3, 0.4) is 0 Å².